The van der Waals surface area contributed by atoms with E-state index in [1.165, 1.54) is 0 Å². The second kappa shape index (κ2) is 4.90. The summed E-state index contributed by atoms with van der Waals surface area (Å²) in [5.74, 6) is -0.698. The van der Waals surface area contributed by atoms with Crippen molar-refractivity contribution >= 4 is 30.5 Å². The molecule has 1 aromatic carbocycles. The molecule has 68 valence electrons. The van der Waals surface area contributed by atoms with Crippen LogP contribution in [-0.2, 0) is 4.79 Å². The van der Waals surface area contributed by atoms with Crippen molar-refractivity contribution in [2.24, 2.45) is 0 Å². The molecule has 1 aromatic rings. The van der Waals surface area contributed by atoms with Crippen molar-refractivity contribution in [3.63, 3.8) is 0 Å². The molecular formula is C9H8O3Te. The average Bonchev–Trinajstić information content (AvgIpc) is 2.03. The third-order valence-corrected chi connectivity index (χ3v) is 3.51. The molecule has 0 bridgehead atoms. The van der Waals surface area contributed by atoms with Gasteiger partial charge in [0.2, 0.25) is 0 Å². The molecule has 0 unspecified atom stereocenters. The monoisotopic (exact) mass is 294 g/mol. The van der Waals surface area contributed by atoms with E-state index in [9.17, 15) is 4.79 Å². The Balaban J connectivity index is 2.59. The first kappa shape index (κ1) is 10.1. The molecule has 3 nitrogen and oxygen atoms in total. The fourth-order valence-corrected chi connectivity index (χ4v) is 2.69. The number of carbonyl (C=O) groups is 1. The van der Waals surface area contributed by atoms with Gasteiger partial charge in [0, 0.05) is 0 Å². The second-order valence-corrected chi connectivity index (χ2v) is 5.05. The number of carboxylic acid groups (broad SMARTS) is 1. The zero-order chi connectivity index (χ0) is 9.68. The number of aliphatic carboxylic acids is 1. The van der Waals surface area contributed by atoms with Gasteiger partial charge in [-0.1, -0.05) is 0 Å². The summed E-state index contributed by atoms with van der Waals surface area (Å²) in [6, 6.07) is 6.89. The SMILES string of the molecule is O=C(O)/C=C\[Te]c1cccc(O)c1. The summed E-state index contributed by atoms with van der Waals surface area (Å²) in [4.78, 5) is 10.1. The van der Waals surface area contributed by atoms with E-state index < -0.39 is 26.9 Å². The van der Waals surface area contributed by atoms with Crippen LogP contribution in [0.25, 0.3) is 0 Å². The Bertz CT molecular complexity index is 333. The topological polar surface area (TPSA) is 57.5 Å². The molecule has 1 rings (SSSR count). The summed E-state index contributed by atoms with van der Waals surface area (Å²) in [5, 5.41) is 17.4. The summed E-state index contributed by atoms with van der Waals surface area (Å²) < 4.78 is 2.69. The molecule has 0 aromatic heterocycles. The van der Waals surface area contributed by atoms with Crippen LogP contribution in [-0.4, -0.2) is 37.1 Å². The van der Waals surface area contributed by atoms with Crippen molar-refractivity contribution in [3.8, 4) is 5.75 Å². The maximum absolute atomic E-state index is 10.1. The number of rotatable bonds is 3. The van der Waals surface area contributed by atoms with Gasteiger partial charge < -0.3 is 0 Å². The molecule has 0 saturated heterocycles. The summed E-state index contributed by atoms with van der Waals surface area (Å²) in [6.07, 6.45) is 1.15. The van der Waals surface area contributed by atoms with Gasteiger partial charge in [0.1, 0.15) is 0 Å². The molecule has 0 aliphatic carbocycles. The molecule has 0 aliphatic rings. The molecule has 0 fully saturated rings. The predicted octanol–water partition coefficient (Wildman–Crippen LogP) is 0.320. The molecule has 4 heteroatoms. The molecule has 0 aliphatic heterocycles. The third kappa shape index (κ3) is 3.97. The maximum atomic E-state index is 10.1. The van der Waals surface area contributed by atoms with E-state index in [4.69, 9.17) is 10.2 Å². The van der Waals surface area contributed by atoms with Gasteiger partial charge in [0.25, 0.3) is 0 Å². The Kier molecular flexibility index (Phi) is 3.81. The summed E-state index contributed by atoms with van der Waals surface area (Å²) in [5.41, 5.74) is 0. The van der Waals surface area contributed by atoms with Crippen LogP contribution < -0.4 is 3.61 Å². The van der Waals surface area contributed by atoms with Crippen molar-refractivity contribution in [1.29, 1.82) is 0 Å². The summed E-state index contributed by atoms with van der Waals surface area (Å²) in [7, 11) is 0. The van der Waals surface area contributed by atoms with Crippen LogP contribution in [0.5, 0.6) is 5.75 Å². The van der Waals surface area contributed by atoms with Crippen molar-refractivity contribution in [2.45, 2.75) is 0 Å². The second-order valence-electron chi connectivity index (χ2n) is 2.26. The Morgan fingerprint density at radius 2 is 2.23 bits per heavy atom. The Morgan fingerprint density at radius 3 is 2.85 bits per heavy atom. The van der Waals surface area contributed by atoms with Crippen LogP contribution in [0, 0.1) is 0 Å². The van der Waals surface area contributed by atoms with Gasteiger partial charge >= 0.3 is 85.7 Å². The van der Waals surface area contributed by atoms with E-state index in [-0.39, 0.29) is 5.75 Å². The number of benzene rings is 1. The van der Waals surface area contributed by atoms with E-state index in [2.05, 4.69) is 0 Å². The molecule has 2 N–H and O–H groups in total. The van der Waals surface area contributed by atoms with Crippen molar-refractivity contribution in [2.75, 3.05) is 0 Å². The Hall–Kier alpha value is -0.980. The molecule has 0 saturated carbocycles. The van der Waals surface area contributed by atoms with Crippen LogP contribution in [0.4, 0.5) is 0 Å². The van der Waals surface area contributed by atoms with Gasteiger partial charge in [0.05, 0.1) is 0 Å². The van der Waals surface area contributed by atoms with E-state index in [0.29, 0.717) is 0 Å². The normalized spacial score (nSPS) is 10.5. The first-order valence-electron chi connectivity index (χ1n) is 3.53. The third-order valence-electron chi connectivity index (χ3n) is 1.23. The van der Waals surface area contributed by atoms with Crippen LogP contribution in [0.1, 0.15) is 0 Å². The van der Waals surface area contributed by atoms with Crippen molar-refractivity contribution in [3.05, 3.63) is 34.5 Å². The van der Waals surface area contributed by atoms with Crippen LogP contribution in [0.3, 0.4) is 0 Å². The first-order chi connectivity index (χ1) is 6.18. The fourth-order valence-electron chi connectivity index (χ4n) is 0.728. The summed E-state index contributed by atoms with van der Waals surface area (Å²) >= 11 is -0.619. The van der Waals surface area contributed by atoms with Gasteiger partial charge in [-0.3, -0.25) is 0 Å². The molecule has 0 atom stereocenters. The molecule has 0 heterocycles. The van der Waals surface area contributed by atoms with Crippen LogP contribution >= 0.6 is 0 Å². The van der Waals surface area contributed by atoms with Gasteiger partial charge in [-0.05, 0) is 0 Å². The minimum absolute atomic E-state index is 0.228. The van der Waals surface area contributed by atoms with Gasteiger partial charge in [-0.2, -0.15) is 0 Å². The van der Waals surface area contributed by atoms with E-state index in [1.54, 1.807) is 22.3 Å². The average molecular weight is 292 g/mol. The molecule has 0 amide bonds. The number of hydrogen-bond acceptors (Lipinski definition) is 2. The molecule has 0 spiro atoms. The van der Waals surface area contributed by atoms with E-state index in [1.807, 2.05) is 6.07 Å². The fraction of sp³-hybridized carbons (Fsp3) is 0. The standard InChI is InChI=1S/C9H8O3Te/c10-7-2-1-3-8(6-7)13-5-4-9(11)12/h1-6,10H,(H,11,12)/b5-4-. The molecule has 13 heavy (non-hydrogen) atoms. The van der Waals surface area contributed by atoms with Crippen LogP contribution in [0.2, 0.25) is 0 Å². The van der Waals surface area contributed by atoms with Gasteiger partial charge in [0.15, 0.2) is 0 Å². The first-order valence-corrected chi connectivity index (χ1v) is 6.05. The number of carboxylic acids is 1. The number of hydrogen-bond donors (Lipinski definition) is 2. The molecular weight excluding hydrogens is 284 g/mol. The van der Waals surface area contributed by atoms with Crippen molar-refractivity contribution in [1.82, 2.24) is 0 Å². The molecule has 0 radical (unpaired) electrons. The number of phenols is 1. The number of aromatic hydroxyl groups is 1. The van der Waals surface area contributed by atoms with Crippen LogP contribution in [0.15, 0.2) is 34.5 Å². The van der Waals surface area contributed by atoms with E-state index >= 15 is 0 Å². The van der Waals surface area contributed by atoms with Gasteiger partial charge in [-0.15, -0.1) is 0 Å². The van der Waals surface area contributed by atoms with Gasteiger partial charge in [-0.25, -0.2) is 0 Å². The Labute approximate surface area is 85.8 Å². The minimum atomic E-state index is -0.926. The summed E-state index contributed by atoms with van der Waals surface area (Å²) in [6.45, 7) is 0. The van der Waals surface area contributed by atoms with Crippen molar-refractivity contribution < 1.29 is 15.0 Å². The zero-order valence-electron chi connectivity index (χ0n) is 6.68. The Morgan fingerprint density at radius 1 is 1.46 bits per heavy atom. The van der Waals surface area contributed by atoms with E-state index in [0.717, 1.165) is 9.69 Å². The predicted molar refractivity (Wildman–Crippen MR) is 50.3 cm³/mol. The quantitative estimate of drug-likeness (QED) is 0.623. The zero-order valence-corrected chi connectivity index (χ0v) is 9.01. The number of phenolic OH excluding ortho intramolecular Hbond substituents is 1.